The maximum Gasteiger partial charge on any atom is 0.430 e. The van der Waals surface area contributed by atoms with E-state index in [1.54, 1.807) is 6.07 Å². The summed E-state index contributed by atoms with van der Waals surface area (Å²) in [5, 5.41) is 0. The summed E-state index contributed by atoms with van der Waals surface area (Å²) in [6.07, 6.45) is -2.43. The number of ether oxygens (including phenoxy) is 2. The molecule has 0 aromatic heterocycles. The molecular formula is C26H24F3NO2. The smallest absolute Gasteiger partial charge is 0.430 e. The first-order valence-electron chi connectivity index (χ1n) is 10.5. The Kier molecular flexibility index (Phi) is 6.69. The van der Waals surface area contributed by atoms with Gasteiger partial charge < -0.3 is 14.4 Å². The molecule has 0 saturated carbocycles. The summed E-state index contributed by atoms with van der Waals surface area (Å²) in [5.41, 5.74) is 1.94. The summed E-state index contributed by atoms with van der Waals surface area (Å²) in [6.45, 7) is 0.515. The maximum absolute atomic E-state index is 14.1. The van der Waals surface area contributed by atoms with Crippen LogP contribution in [0.4, 0.5) is 13.2 Å². The number of hydrogen-bond donors (Lipinski definition) is 0. The van der Waals surface area contributed by atoms with E-state index in [2.05, 4.69) is 0 Å². The maximum atomic E-state index is 14.1. The van der Waals surface area contributed by atoms with E-state index in [4.69, 9.17) is 9.47 Å². The van der Waals surface area contributed by atoms with Crippen molar-refractivity contribution in [1.82, 2.24) is 4.90 Å². The standard InChI is InChI=1S/C26H24F3NO2/c27-26(28,29)25(13-7-12-20-14-15-23-24(16-20)32-19-31-23)30(17-21-8-3-1-4-9-21)18-22-10-5-2-6-11-22/h1-6,8-11,13-16H,7,12,17-19H2/b25-13+. The molecule has 3 aromatic carbocycles. The van der Waals surface area contributed by atoms with Gasteiger partial charge in [-0.05, 0) is 41.7 Å². The van der Waals surface area contributed by atoms with Gasteiger partial charge in [-0.1, -0.05) is 72.8 Å². The van der Waals surface area contributed by atoms with E-state index in [0.717, 1.165) is 16.7 Å². The van der Waals surface area contributed by atoms with Crippen LogP contribution in [0.1, 0.15) is 23.1 Å². The Bertz CT molecular complexity index is 1010. The van der Waals surface area contributed by atoms with Gasteiger partial charge in [0.2, 0.25) is 6.79 Å². The number of benzene rings is 3. The van der Waals surface area contributed by atoms with Crippen LogP contribution in [0, 0.1) is 0 Å². The predicted octanol–water partition coefficient (Wildman–Crippen LogP) is 6.50. The average molecular weight is 439 g/mol. The van der Waals surface area contributed by atoms with Crippen LogP contribution in [-0.2, 0) is 19.5 Å². The number of rotatable bonds is 8. The minimum absolute atomic E-state index is 0.171. The molecule has 0 bridgehead atoms. The Labute approximate surface area is 185 Å². The summed E-state index contributed by atoms with van der Waals surface area (Å²) >= 11 is 0. The van der Waals surface area contributed by atoms with Gasteiger partial charge >= 0.3 is 6.18 Å². The molecule has 1 aliphatic rings. The Balaban J connectivity index is 1.56. The molecule has 3 aromatic rings. The van der Waals surface area contributed by atoms with Crippen molar-refractivity contribution in [2.24, 2.45) is 0 Å². The van der Waals surface area contributed by atoms with Gasteiger partial charge in [0.1, 0.15) is 5.70 Å². The first-order chi connectivity index (χ1) is 15.5. The van der Waals surface area contributed by atoms with E-state index < -0.39 is 11.9 Å². The number of aryl methyl sites for hydroxylation is 1. The molecule has 166 valence electrons. The van der Waals surface area contributed by atoms with E-state index in [1.807, 2.05) is 72.8 Å². The lowest BCUT2D eigenvalue weighted by atomic mass is 10.1. The monoisotopic (exact) mass is 439 g/mol. The third kappa shape index (κ3) is 5.63. The van der Waals surface area contributed by atoms with E-state index in [1.165, 1.54) is 11.0 Å². The summed E-state index contributed by atoms with van der Waals surface area (Å²) in [4.78, 5) is 1.41. The average Bonchev–Trinajstić information content (AvgIpc) is 3.25. The molecule has 0 fully saturated rings. The molecule has 32 heavy (non-hydrogen) atoms. The van der Waals surface area contributed by atoms with Crippen molar-refractivity contribution in [2.45, 2.75) is 32.1 Å². The molecule has 0 atom stereocenters. The minimum atomic E-state index is -4.46. The van der Waals surface area contributed by atoms with Gasteiger partial charge in [-0.25, -0.2) is 0 Å². The van der Waals surface area contributed by atoms with Crippen LogP contribution in [0.15, 0.2) is 90.6 Å². The van der Waals surface area contributed by atoms with Crippen LogP contribution < -0.4 is 9.47 Å². The van der Waals surface area contributed by atoms with Crippen molar-refractivity contribution in [2.75, 3.05) is 6.79 Å². The lowest BCUT2D eigenvalue weighted by Gasteiger charge is -2.29. The molecule has 4 rings (SSSR count). The van der Waals surface area contributed by atoms with Gasteiger partial charge in [0.15, 0.2) is 11.5 Å². The fourth-order valence-electron chi connectivity index (χ4n) is 3.73. The molecule has 1 aliphatic heterocycles. The first-order valence-corrected chi connectivity index (χ1v) is 10.5. The molecular weight excluding hydrogens is 415 g/mol. The van der Waals surface area contributed by atoms with Gasteiger partial charge in [-0.3, -0.25) is 0 Å². The fraction of sp³-hybridized carbons (Fsp3) is 0.231. The van der Waals surface area contributed by atoms with Crippen molar-refractivity contribution < 1.29 is 22.6 Å². The van der Waals surface area contributed by atoms with Crippen molar-refractivity contribution in [3.63, 3.8) is 0 Å². The second-order valence-corrected chi connectivity index (χ2v) is 7.64. The Morgan fingerprint density at radius 3 is 1.97 bits per heavy atom. The zero-order valence-corrected chi connectivity index (χ0v) is 17.5. The molecule has 0 unspecified atom stereocenters. The topological polar surface area (TPSA) is 21.7 Å². The molecule has 0 saturated heterocycles. The lowest BCUT2D eigenvalue weighted by Crippen LogP contribution is -2.31. The number of hydrogen-bond acceptors (Lipinski definition) is 3. The molecule has 3 nitrogen and oxygen atoms in total. The SMILES string of the molecule is FC(F)(F)/C(=C\CCc1ccc2c(c1)OCO2)N(Cc1ccccc1)Cc1ccccc1. The van der Waals surface area contributed by atoms with Crippen LogP contribution in [0.2, 0.25) is 0 Å². The number of nitrogens with zero attached hydrogens (tertiary/aromatic N) is 1. The Hall–Kier alpha value is -3.41. The van der Waals surface area contributed by atoms with Crippen LogP contribution in [0.25, 0.3) is 0 Å². The van der Waals surface area contributed by atoms with Crippen LogP contribution >= 0.6 is 0 Å². The predicted molar refractivity (Wildman–Crippen MR) is 117 cm³/mol. The number of alkyl halides is 3. The summed E-state index contributed by atoms with van der Waals surface area (Å²) in [6, 6.07) is 23.9. The number of allylic oxidation sites excluding steroid dienone is 2. The third-order valence-corrected chi connectivity index (χ3v) is 5.27. The normalized spacial score (nSPS) is 13.3. The number of halogens is 3. The summed E-state index contributed by atoms with van der Waals surface area (Å²) in [5.74, 6) is 1.30. The van der Waals surface area contributed by atoms with E-state index in [0.29, 0.717) is 17.9 Å². The van der Waals surface area contributed by atoms with Gasteiger partial charge in [0.25, 0.3) is 0 Å². The van der Waals surface area contributed by atoms with Gasteiger partial charge in [0.05, 0.1) is 0 Å². The Morgan fingerprint density at radius 1 is 0.781 bits per heavy atom. The van der Waals surface area contributed by atoms with E-state index in [9.17, 15) is 13.2 Å². The summed E-state index contributed by atoms with van der Waals surface area (Å²) in [7, 11) is 0. The lowest BCUT2D eigenvalue weighted by molar-refractivity contribution is -0.113. The van der Waals surface area contributed by atoms with Gasteiger partial charge in [-0.15, -0.1) is 0 Å². The quantitative estimate of drug-likeness (QED) is 0.400. The zero-order valence-electron chi connectivity index (χ0n) is 17.5. The van der Waals surface area contributed by atoms with Crippen molar-refractivity contribution >= 4 is 0 Å². The highest BCUT2D eigenvalue weighted by Gasteiger charge is 2.37. The Morgan fingerprint density at radius 2 is 1.38 bits per heavy atom. The molecule has 0 N–H and O–H groups in total. The van der Waals surface area contributed by atoms with Crippen molar-refractivity contribution in [1.29, 1.82) is 0 Å². The van der Waals surface area contributed by atoms with E-state index in [-0.39, 0.29) is 26.3 Å². The highest BCUT2D eigenvalue weighted by molar-refractivity contribution is 5.44. The van der Waals surface area contributed by atoms with Crippen LogP contribution in [0.3, 0.4) is 0 Å². The molecule has 0 spiro atoms. The van der Waals surface area contributed by atoms with Crippen LogP contribution in [-0.4, -0.2) is 17.9 Å². The molecule has 0 amide bonds. The second kappa shape index (κ2) is 9.81. The minimum Gasteiger partial charge on any atom is -0.454 e. The van der Waals surface area contributed by atoms with Crippen molar-refractivity contribution in [3.05, 3.63) is 107 Å². The second-order valence-electron chi connectivity index (χ2n) is 7.64. The van der Waals surface area contributed by atoms with Crippen molar-refractivity contribution in [3.8, 4) is 11.5 Å². The number of fused-ring (bicyclic) bond motifs is 1. The molecule has 0 radical (unpaired) electrons. The van der Waals surface area contributed by atoms with E-state index >= 15 is 0 Å². The van der Waals surface area contributed by atoms with Crippen LogP contribution in [0.5, 0.6) is 11.5 Å². The zero-order chi connectivity index (χ0) is 22.4. The molecule has 0 aliphatic carbocycles. The highest BCUT2D eigenvalue weighted by Crippen LogP contribution is 2.34. The summed E-state index contributed by atoms with van der Waals surface area (Å²) < 4.78 is 53.1. The largest absolute Gasteiger partial charge is 0.454 e. The van der Waals surface area contributed by atoms with Gasteiger partial charge in [0, 0.05) is 13.1 Å². The fourth-order valence-corrected chi connectivity index (χ4v) is 3.73. The van der Waals surface area contributed by atoms with Gasteiger partial charge in [-0.2, -0.15) is 13.2 Å². The highest BCUT2D eigenvalue weighted by atomic mass is 19.4. The molecule has 1 heterocycles. The third-order valence-electron chi connectivity index (χ3n) is 5.27. The molecule has 6 heteroatoms. The first kappa shape index (κ1) is 21.8.